The van der Waals surface area contributed by atoms with Crippen LogP contribution in [0.15, 0.2) is 47.4 Å². The molecule has 2 aliphatic rings. The number of halogens is 1. The monoisotopic (exact) mass is 478 g/mol. The Balaban J connectivity index is 1.43. The molecule has 0 saturated heterocycles. The summed E-state index contributed by atoms with van der Waals surface area (Å²) in [7, 11) is -3.27. The standard InChI is InChI=1S/C23H27ClN2O5S/c1-32(29,30)21-7-5-20(6-8-21)31-15-19(27)14-25-11-10-23(28)26(18-3-4-18)13-16-12-17(24)2-9-22(16)25/h2,5-9,12,18-19,27H,3-4,10-11,13-15H2,1H3. The molecule has 0 aromatic heterocycles. The zero-order valence-corrected chi connectivity index (χ0v) is 19.5. The maximum atomic E-state index is 12.7. The van der Waals surface area contributed by atoms with Crippen LogP contribution in [0, 0.1) is 0 Å². The van der Waals surface area contributed by atoms with E-state index in [1.54, 1.807) is 12.1 Å². The number of aliphatic hydroxyl groups excluding tert-OH is 1. The summed E-state index contributed by atoms with van der Waals surface area (Å²) in [5.74, 6) is 0.603. The summed E-state index contributed by atoms with van der Waals surface area (Å²) in [5, 5.41) is 11.2. The molecule has 1 unspecified atom stereocenters. The molecule has 32 heavy (non-hydrogen) atoms. The number of carbonyl (C=O) groups is 1. The third kappa shape index (κ3) is 5.54. The number of hydrogen-bond acceptors (Lipinski definition) is 6. The van der Waals surface area contributed by atoms with Crippen molar-refractivity contribution in [1.29, 1.82) is 0 Å². The summed E-state index contributed by atoms with van der Waals surface area (Å²) in [6.45, 7) is 1.36. The number of ether oxygens (including phenoxy) is 1. The minimum absolute atomic E-state index is 0.0415. The largest absolute Gasteiger partial charge is 0.491 e. The Bertz CT molecular complexity index is 1090. The van der Waals surface area contributed by atoms with E-state index in [1.165, 1.54) is 12.1 Å². The van der Waals surface area contributed by atoms with E-state index in [0.29, 0.717) is 42.9 Å². The number of benzene rings is 2. The van der Waals surface area contributed by atoms with E-state index in [1.807, 2.05) is 28.0 Å². The number of fused-ring (bicyclic) bond motifs is 1. The number of hydrogen-bond donors (Lipinski definition) is 1. The van der Waals surface area contributed by atoms with E-state index < -0.39 is 15.9 Å². The highest BCUT2D eigenvalue weighted by Crippen LogP contribution is 2.34. The van der Waals surface area contributed by atoms with Gasteiger partial charge in [0, 0.05) is 49.1 Å². The second-order valence-electron chi connectivity index (χ2n) is 8.43. The second kappa shape index (κ2) is 9.29. The Kier molecular flexibility index (Phi) is 6.65. The van der Waals surface area contributed by atoms with Gasteiger partial charge in [-0.25, -0.2) is 8.42 Å². The zero-order valence-electron chi connectivity index (χ0n) is 17.9. The fourth-order valence-corrected chi connectivity index (χ4v) is 4.77. The van der Waals surface area contributed by atoms with Crippen molar-refractivity contribution in [3.8, 4) is 5.75 Å². The maximum Gasteiger partial charge on any atom is 0.224 e. The molecule has 1 aliphatic heterocycles. The lowest BCUT2D eigenvalue weighted by Gasteiger charge is -2.34. The summed E-state index contributed by atoms with van der Waals surface area (Å²) >= 11 is 6.23. The summed E-state index contributed by atoms with van der Waals surface area (Å²) in [6.07, 6.45) is 2.83. The minimum Gasteiger partial charge on any atom is -0.491 e. The molecule has 172 valence electrons. The summed E-state index contributed by atoms with van der Waals surface area (Å²) in [5.41, 5.74) is 1.94. The normalized spacial score (nSPS) is 18.0. The third-order valence-corrected chi connectivity index (χ3v) is 7.12. The van der Waals surface area contributed by atoms with E-state index in [-0.39, 0.29) is 17.4 Å². The van der Waals surface area contributed by atoms with Gasteiger partial charge in [-0.3, -0.25) is 4.79 Å². The van der Waals surface area contributed by atoms with Crippen molar-refractivity contribution in [2.24, 2.45) is 0 Å². The quantitative estimate of drug-likeness (QED) is 0.658. The van der Waals surface area contributed by atoms with Gasteiger partial charge >= 0.3 is 0 Å². The first kappa shape index (κ1) is 22.9. The van der Waals surface area contributed by atoms with Crippen LogP contribution in [-0.2, 0) is 21.2 Å². The van der Waals surface area contributed by atoms with Crippen LogP contribution in [0.5, 0.6) is 5.75 Å². The van der Waals surface area contributed by atoms with Crippen LogP contribution in [0.2, 0.25) is 5.02 Å². The molecule has 9 heteroatoms. The highest BCUT2D eigenvalue weighted by atomic mass is 35.5. The molecule has 0 bridgehead atoms. The average molecular weight is 479 g/mol. The van der Waals surface area contributed by atoms with Gasteiger partial charge in [0.15, 0.2) is 9.84 Å². The van der Waals surface area contributed by atoms with Crippen LogP contribution in [0.4, 0.5) is 5.69 Å². The number of nitrogens with zero attached hydrogens (tertiary/aromatic N) is 2. The Morgan fingerprint density at radius 3 is 2.56 bits per heavy atom. The first-order valence-corrected chi connectivity index (χ1v) is 12.9. The van der Waals surface area contributed by atoms with Gasteiger partial charge in [-0.15, -0.1) is 0 Å². The number of carbonyl (C=O) groups excluding carboxylic acids is 1. The number of amides is 1. The smallest absolute Gasteiger partial charge is 0.224 e. The SMILES string of the molecule is CS(=O)(=O)c1ccc(OCC(O)CN2CCC(=O)N(C3CC3)Cc3cc(Cl)ccc32)cc1. The van der Waals surface area contributed by atoms with Gasteiger partial charge in [0.05, 0.1) is 4.90 Å². The predicted octanol–water partition coefficient (Wildman–Crippen LogP) is 2.88. The third-order valence-electron chi connectivity index (χ3n) is 5.75. The Labute approximate surface area is 193 Å². The number of β-amino-alcohol motifs (C(OH)–C–C–N with tert-alkyl or cyclic N) is 1. The zero-order chi connectivity index (χ0) is 22.9. The van der Waals surface area contributed by atoms with Crippen LogP contribution >= 0.6 is 11.6 Å². The van der Waals surface area contributed by atoms with Gasteiger partial charge in [-0.1, -0.05) is 11.6 Å². The Morgan fingerprint density at radius 1 is 1.19 bits per heavy atom. The first-order valence-electron chi connectivity index (χ1n) is 10.6. The summed E-state index contributed by atoms with van der Waals surface area (Å²) in [6, 6.07) is 12.1. The van der Waals surface area contributed by atoms with Crippen LogP contribution in [0.25, 0.3) is 0 Å². The van der Waals surface area contributed by atoms with Crippen LogP contribution in [0.1, 0.15) is 24.8 Å². The molecular weight excluding hydrogens is 452 g/mol. The predicted molar refractivity (Wildman–Crippen MR) is 123 cm³/mol. The van der Waals surface area contributed by atoms with Crippen molar-refractivity contribution >= 4 is 33.0 Å². The fraction of sp³-hybridized carbons (Fsp3) is 0.435. The molecule has 4 rings (SSSR count). The molecular formula is C23H27ClN2O5S. The van der Waals surface area contributed by atoms with Crippen LogP contribution < -0.4 is 9.64 Å². The average Bonchev–Trinajstić information content (AvgIpc) is 3.57. The molecule has 1 aliphatic carbocycles. The molecule has 1 fully saturated rings. The van der Waals surface area contributed by atoms with E-state index in [0.717, 1.165) is 30.3 Å². The molecule has 0 spiro atoms. The lowest BCUT2D eigenvalue weighted by atomic mass is 10.1. The second-order valence-corrected chi connectivity index (χ2v) is 10.9. The van der Waals surface area contributed by atoms with Crippen molar-refractivity contribution in [3.05, 3.63) is 53.1 Å². The van der Waals surface area contributed by atoms with E-state index in [2.05, 4.69) is 0 Å². The molecule has 0 radical (unpaired) electrons. The van der Waals surface area contributed by atoms with E-state index in [4.69, 9.17) is 16.3 Å². The molecule has 1 amide bonds. The van der Waals surface area contributed by atoms with Crippen LogP contribution in [-0.4, -0.2) is 62.4 Å². The van der Waals surface area contributed by atoms with Crippen molar-refractivity contribution in [2.45, 2.75) is 42.8 Å². The molecule has 1 atom stereocenters. The maximum absolute atomic E-state index is 12.7. The molecule has 1 saturated carbocycles. The molecule has 2 aromatic carbocycles. The number of rotatable bonds is 7. The summed E-state index contributed by atoms with van der Waals surface area (Å²) in [4.78, 5) is 16.9. The van der Waals surface area contributed by atoms with Gasteiger partial charge in [-0.2, -0.15) is 0 Å². The minimum atomic E-state index is -3.27. The van der Waals surface area contributed by atoms with Gasteiger partial charge in [0.1, 0.15) is 18.5 Å². The van der Waals surface area contributed by atoms with E-state index >= 15 is 0 Å². The summed E-state index contributed by atoms with van der Waals surface area (Å²) < 4.78 is 28.8. The fourth-order valence-electron chi connectivity index (χ4n) is 3.95. The topological polar surface area (TPSA) is 87.1 Å². The van der Waals surface area contributed by atoms with Gasteiger partial charge in [-0.05, 0) is 60.9 Å². The Hall–Kier alpha value is -2.29. The van der Waals surface area contributed by atoms with Crippen molar-refractivity contribution < 1.29 is 23.1 Å². The molecule has 7 nitrogen and oxygen atoms in total. The van der Waals surface area contributed by atoms with Gasteiger partial charge in [0.2, 0.25) is 5.91 Å². The van der Waals surface area contributed by atoms with Crippen molar-refractivity contribution in [3.63, 3.8) is 0 Å². The van der Waals surface area contributed by atoms with Gasteiger partial charge < -0.3 is 19.6 Å². The van der Waals surface area contributed by atoms with Crippen molar-refractivity contribution in [2.75, 3.05) is 30.9 Å². The van der Waals surface area contributed by atoms with E-state index in [9.17, 15) is 18.3 Å². The highest BCUT2D eigenvalue weighted by molar-refractivity contribution is 7.90. The Morgan fingerprint density at radius 2 is 1.91 bits per heavy atom. The molecule has 1 heterocycles. The number of aliphatic hydroxyl groups is 1. The molecule has 2 aromatic rings. The lowest BCUT2D eigenvalue weighted by molar-refractivity contribution is -0.132. The lowest BCUT2D eigenvalue weighted by Crippen LogP contribution is -2.42. The highest BCUT2D eigenvalue weighted by Gasteiger charge is 2.34. The first-order chi connectivity index (χ1) is 15.2. The van der Waals surface area contributed by atoms with Crippen LogP contribution in [0.3, 0.4) is 0 Å². The van der Waals surface area contributed by atoms with Crippen molar-refractivity contribution in [1.82, 2.24) is 4.90 Å². The number of sulfone groups is 1. The molecule has 1 N–H and O–H groups in total. The van der Waals surface area contributed by atoms with Gasteiger partial charge in [0.25, 0.3) is 0 Å². The number of anilines is 1.